The lowest BCUT2D eigenvalue weighted by molar-refractivity contribution is -0.143. The smallest absolute Gasteiger partial charge is 0.328 e. The third-order valence-corrected chi connectivity index (χ3v) is 8.08. The zero-order valence-electron chi connectivity index (χ0n) is 30.5. The van der Waals surface area contributed by atoms with Crippen LogP contribution in [0.2, 0.25) is 0 Å². The van der Waals surface area contributed by atoms with Crippen LogP contribution >= 0.6 is 0 Å². The molecule has 20 heteroatoms. The molecule has 52 heavy (non-hydrogen) atoms. The molecule has 0 spiro atoms. The lowest BCUT2D eigenvalue weighted by atomic mass is 9.97. The Morgan fingerprint density at radius 3 is 1.63 bits per heavy atom. The number of aliphatic hydroxyl groups is 2. The molecule has 0 aromatic heterocycles. The van der Waals surface area contributed by atoms with Crippen LogP contribution in [0.5, 0.6) is 0 Å². The second-order valence-corrected chi connectivity index (χ2v) is 13.0. The molecule has 0 unspecified atom stereocenters. The van der Waals surface area contributed by atoms with Crippen molar-refractivity contribution in [2.24, 2.45) is 23.3 Å². The summed E-state index contributed by atoms with van der Waals surface area (Å²) in [5.41, 5.74) is 11.4. The lowest BCUT2D eigenvalue weighted by Gasteiger charge is -2.28. The maximum atomic E-state index is 13.5. The fraction of sp³-hybridized carbons (Fsp3) is 0.750. The second kappa shape index (κ2) is 24.7. The molecule has 20 nitrogen and oxygen atoms in total. The quantitative estimate of drug-likeness (QED) is 0.0381. The van der Waals surface area contributed by atoms with Crippen molar-refractivity contribution in [1.29, 1.82) is 0 Å². The van der Waals surface area contributed by atoms with Crippen molar-refractivity contribution in [2.45, 2.75) is 122 Å². The van der Waals surface area contributed by atoms with Gasteiger partial charge in [0.1, 0.15) is 36.3 Å². The highest BCUT2D eigenvalue weighted by Gasteiger charge is 2.34. The van der Waals surface area contributed by atoms with Crippen LogP contribution in [0.1, 0.15) is 79.6 Å². The summed E-state index contributed by atoms with van der Waals surface area (Å²) in [6.45, 7) is 6.72. The highest BCUT2D eigenvalue weighted by Crippen LogP contribution is 2.11. The molecule has 298 valence electrons. The van der Waals surface area contributed by atoms with Gasteiger partial charge in [-0.3, -0.25) is 33.6 Å². The van der Waals surface area contributed by atoms with Crippen molar-refractivity contribution in [2.75, 3.05) is 19.8 Å². The van der Waals surface area contributed by atoms with E-state index in [0.717, 1.165) is 0 Å². The van der Waals surface area contributed by atoms with Gasteiger partial charge in [-0.15, -0.1) is 0 Å². The summed E-state index contributed by atoms with van der Waals surface area (Å²) >= 11 is 0. The topological polar surface area (TPSA) is 342 Å². The second-order valence-electron chi connectivity index (χ2n) is 13.0. The van der Waals surface area contributed by atoms with E-state index in [4.69, 9.17) is 21.7 Å². The Morgan fingerprint density at radius 2 is 1.13 bits per heavy atom. The van der Waals surface area contributed by atoms with Crippen LogP contribution < -0.4 is 43.4 Å². The zero-order chi connectivity index (χ0) is 40.1. The lowest BCUT2D eigenvalue weighted by Crippen LogP contribution is -2.61. The number of aliphatic hydroxyl groups excluding tert-OH is 2. The number of rotatable bonds is 26. The van der Waals surface area contributed by atoms with Crippen molar-refractivity contribution in [3.8, 4) is 0 Å². The molecular weight excluding hydrogens is 688 g/mol. The highest BCUT2D eigenvalue weighted by molar-refractivity contribution is 5.97. The number of amides is 6. The van der Waals surface area contributed by atoms with Crippen LogP contribution in [0.4, 0.5) is 0 Å². The van der Waals surface area contributed by atoms with Gasteiger partial charge in [0.05, 0.1) is 19.3 Å². The molecular formula is C32H58N8O12. The first-order valence-corrected chi connectivity index (χ1v) is 17.3. The van der Waals surface area contributed by atoms with Gasteiger partial charge in [-0.05, 0) is 57.4 Å². The van der Waals surface area contributed by atoms with E-state index in [1.54, 1.807) is 27.7 Å². The van der Waals surface area contributed by atoms with Crippen LogP contribution in [0, 0.1) is 11.8 Å². The molecule has 0 aromatic rings. The average Bonchev–Trinajstić information content (AvgIpc) is 3.08. The number of nitrogens with one attached hydrogen (secondary N) is 6. The Kier molecular flexibility index (Phi) is 22.6. The standard InChI is InChI=1S/C32H58N8O12/c1-6-17(4)25(40-27(46)19(34)10-11-24(43)44)31(50)38-22(14-41)30(49)36-20(9-7-8-12-33)28(47)37-21(13-16(2)3)29(48)35-18(5)26(45)39-23(15-42)32(51)52/h16-23,25,41-42H,6-15,33-34H2,1-5H3,(H,35,48)(H,36,49)(H,37,47)(H,38,50)(H,39,45)(H,40,46)(H,43,44)(H,51,52)/t17-,18-,19-,20-,21-,22-,23-,25-/m0/s1. The van der Waals surface area contributed by atoms with E-state index >= 15 is 0 Å². The summed E-state index contributed by atoms with van der Waals surface area (Å²) in [5.74, 6) is -8.31. The summed E-state index contributed by atoms with van der Waals surface area (Å²) in [7, 11) is 0. The minimum atomic E-state index is -1.60. The van der Waals surface area contributed by atoms with Crippen LogP contribution in [0.3, 0.4) is 0 Å². The van der Waals surface area contributed by atoms with Crippen molar-refractivity contribution in [1.82, 2.24) is 31.9 Å². The Hall–Kier alpha value is -4.40. The van der Waals surface area contributed by atoms with Crippen LogP contribution in [-0.2, 0) is 38.4 Å². The molecule has 0 aliphatic heterocycles. The van der Waals surface area contributed by atoms with Gasteiger partial charge in [0, 0.05) is 6.42 Å². The maximum absolute atomic E-state index is 13.5. The number of carboxylic acids is 2. The molecule has 0 saturated heterocycles. The van der Waals surface area contributed by atoms with Gasteiger partial charge in [-0.1, -0.05) is 34.1 Å². The zero-order valence-corrected chi connectivity index (χ0v) is 30.5. The molecule has 0 radical (unpaired) electrons. The number of hydrogen-bond donors (Lipinski definition) is 12. The summed E-state index contributed by atoms with van der Waals surface area (Å²) in [6, 6.07) is -9.35. The number of hydrogen-bond acceptors (Lipinski definition) is 12. The number of nitrogens with two attached hydrogens (primary N) is 2. The molecule has 0 aliphatic rings. The Morgan fingerprint density at radius 1 is 0.615 bits per heavy atom. The Labute approximate surface area is 303 Å². The van der Waals surface area contributed by atoms with Gasteiger partial charge < -0.3 is 63.8 Å². The van der Waals surface area contributed by atoms with Crippen molar-refractivity contribution in [3.63, 3.8) is 0 Å². The largest absolute Gasteiger partial charge is 0.481 e. The Bertz CT molecular complexity index is 1220. The SMILES string of the molecule is CC[C@H](C)[C@H](NC(=O)[C@@H](N)CCC(=O)O)C(=O)N[C@@H](CO)C(=O)N[C@@H](CCCCN)C(=O)N[C@@H](CC(C)C)C(=O)N[C@@H](C)C(=O)N[C@@H](CO)C(=O)O. The average molecular weight is 747 g/mol. The first-order chi connectivity index (χ1) is 24.3. The molecule has 0 heterocycles. The molecule has 6 amide bonds. The van der Waals surface area contributed by atoms with E-state index in [9.17, 15) is 48.6 Å². The number of aliphatic carboxylic acids is 2. The molecule has 8 atom stereocenters. The van der Waals surface area contributed by atoms with E-state index in [1.165, 1.54) is 6.92 Å². The molecule has 0 aromatic carbocycles. The van der Waals surface area contributed by atoms with Crippen molar-refractivity contribution >= 4 is 47.4 Å². The molecule has 0 fully saturated rings. The predicted molar refractivity (Wildman–Crippen MR) is 186 cm³/mol. The van der Waals surface area contributed by atoms with Crippen molar-refractivity contribution in [3.05, 3.63) is 0 Å². The minimum absolute atomic E-state index is 0.0488. The maximum Gasteiger partial charge on any atom is 0.328 e. The Balaban J connectivity index is 5.95. The number of unbranched alkanes of at least 4 members (excludes halogenated alkanes) is 1. The third kappa shape index (κ3) is 17.7. The van der Waals surface area contributed by atoms with Gasteiger partial charge in [-0.25, -0.2) is 4.79 Å². The van der Waals surface area contributed by atoms with Crippen LogP contribution in [-0.4, -0.2) is 130 Å². The van der Waals surface area contributed by atoms with E-state index in [1.807, 2.05) is 0 Å². The summed E-state index contributed by atoms with van der Waals surface area (Å²) in [5, 5.41) is 51.6. The van der Waals surface area contributed by atoms with Crippen molar-refractivity contribution < 1.29 is 58.8 Å². The van der Waals surface area contributed by atoms with Gasteiger partial charge in [-0.2, -0.15) is 0 Å². The number of carboxylic acid groups (broad SMARTS) is 2. The summed E-state index contributed by atoms with van der Waals surface area (Å²) < 4.78 is 0. The summed E-state index contributed by atoms with van der Waals surface area (Å²) in [4.78, 5) is 100. The number of carbonyl (C=O) groups excluding carboxylic acids is 6. The van der Waals surface area contributed by atoms with E-state index in [2.05, 4.69) is 31.9 Å². The van der Waals surface area contributed by atoms with E-state index in [-0.39, 0.29) is 38.1 Å². The normalized spacial score (nSPS) is 15.7. The van der Waals surface area contributed by atoms with Crippen LogP contribution in [0.25, 0.3) is 0 Å². The molecule has 0 saturated carbocycles. The monoisotopic (exact) mass is 746 g/mol. The van der Waals surface area contributed by atoms with E-state index < -0.39 is 109 Å². The fourth-order valence-electron chi connectivity index (χ4n) is 4.70. The molecule has 14 N–H and O–H groups in total. The fourth-order valence-corrected chi connectivity index (χ4v) is 4.70. The van der Waals surface area contributed by atoms with Gasteiger partial charge in [0.2, 0.25) is 35.4 Å². The molecule has 0 aliphatic carbocycles. The molecule has 0 bridgehead atoms. The predicted octanol–water partition coefficient (Wildman–Crippen LogP) is -3.60. The van der Waals surface area contributed by atoms with Gasteiger partial charge in [0.15, 0.2) is 0 Å². The highest BCUT2D eigenvalue weighted by atomic mass is 16.4. The third-order valence-electron chi connectivity index (χ3n) is 8.08. The number of carbonyl (C=O) groups is 8. The van der Waals surface area contributed by atoms with Gasteiger partial charge >= 0.3 is 11.9 Å². The first kappa shape index (κ1) is 47.6. The minimum Gasteiger partial charge on any atom is -0.481 e. The molecule has 0 rings (SSSR count). The van der Waals surface area contributed by atoms with Gasteiger partial charge in [0.25, 0.3) is 0 Å². The van der Waals surface area contributed by atoms with Crippen LogP contribution in [0.15, 0.2) is 0 Å². The first-order valence-electron chi connectivity index (χ1n) is 17.3. The summed E-state index contributed by atoms with van der Waals surface area (Å²) in [6.07, 6.45) is 0.830. The van der Waals surface area contributed by atoms with E-state index in [0.29, 0.717) is 19.3 Å².